The predicted molar refractivity (Wildman–Crippen MR) is 56.3 cm³/mol. The Kier molecular flexibility index (Phi) is 3.10. The minimum absolute atomic E-state index is 0.0485. The maximum Gasteiger partial charge on any atom is 0.255 e. The summed E-state index contributed by atoms with van der Waals surface area (Å²) in [6.07, 6.45) is 5.42. The van der Waals surface area contributed by atoms with E-state index in [4.69, 9.17) is 5.26 Å². The lowest BCUT2D eigenvalue weighted by molar-refractivity contribution is 0.0746. The van der Waals surface area contributed by atoms with Crippen LogP contribution in [0.25, 0.3) is 0 Å². The minimum atomic E-state index is -0.0485. The Hall–Kier alpha value is -1.96. The van der Waals surface area contributed by atoms with E-state index in [1.54, 1.807) is 11.0 Å². The number of aromatic nitrogens is 2. The van der Waals surface area contributed by atoms with Crippen LogP contribution in [0.3, 0.4) is 0 Å². The van der Waals surface area contributed by atoms with Crippen molar-refractivity contribution in [3.63, 3.8) is 0 Å². The monoisotopic (exact) mass is 216 g/mol. The van der Waals surface area contributed by atoms with Crippen LogP contribution in [0.2, 0.25) is 0 Å². The zero-order chi connectivity index (χ0) is 11.4. The van der Waals surface area contributed by atoms with Gasteiger partial charge in [0.1, 0.15) is 0 Å². The zero-order valence-corrected chi connectivity index (χ0v) is 8.83. The van der Waals surface area contributed by atoms with E-state index in [-0.39, 0.29) is 5.91 Å². The number of nitrogens with zero attached hydrogens (tertiary/aromatic N) is 4. The molecule has 5 heteroatoms. The third-order valence-corrected chi connectivity index (χ3v) is 2.54. The van der Waals surface area contributed by atoms with Gasteiger partial charge in [0.15, 0.2) is 0 Å². The number of carbonyl (C=O) groups excluding carboxylic acids is 1. The van der Waals surface area contributed by atoms with Gasteiger partial charge < -0.3 is 4.90 Å². The lowest BCUT2D eigenvalue weighted by atomic mass is 10.2. The molecule has 1 heterocycles. The molecule has 0 bridgehead atoms. The molecular weight excluding hydrogens is 204 g/mol. The first kappa shape index (κ1) is 10.6. The van der Waals surface area contributed by atoms with E-state index in [9.17, 15) is 4.79 Å². The van der Waals surface area contributed by atoms with E-state index < -0.39 is 0 Å². The molecule has 16 heavy (non-hydrogen) atoms. The summed E-state index contributed by atoms with van der Waals surface area (Å²) in [5.41, 5.74) is 0.542. The van der Waals surface area contributed by atoms with Crippen molar-refractivity contribution < 1.29 is 4.79 Å². The topological polar surface area (TPSA) is 69.9 Å². The highest BCUT2D eigenvalue weighted by molar-refractivity contribution is 5.94. The van der Waals surface area contributed by atoms with Crippen molar-refractivity contribution in [1.82, 2.24) is 15.1 Å². The summed E-state index contributed by atoms with van der Waals surface area (Å²) in [6.45, 7) is 0.502. The molecule has 0 spiro atoms. The lowest BCUT2D eigenvalue weighted by Crippen LogP contribution is -2.34. The number of hydrogen-bond donors (Lipinski definition) is 0. The van der Waals surface area contributed by atoms with Crippen LogP contribution in [0, 0.1) is 11.3 Å². The van der Waals surface area contributed by atoms with Crippen LogP contribution < -0.4 is 0 Å². The van der Waals surface area contributed by atoms with Gasteiger partial charge in [-0.15, -0.1) is 0 Å². The lowest BCUT2D eigenvalue weighted by Gasteiger charge is -2.20. The molecule has 1 saturated carbocycles. The second-order valence-electron chi connectivity index (χ2n) is 3.77. The number of amides is 1. The molecule has 0 radical (unpaired) electrons. The largest absolute Gasteiger partial charge is 0.335 e. The molecule has 0 aromatic carbocycles. The van der Waals surface area contributed by atoms with Crippen LogP contribution in [0.5, 0.6) is 0 Å². The first-order chi connectivity index (χ1) is 7.83. The van der Waals surface area contributed by atoms with Crippen molar-refractivity contribution in [3.8, 4) is 6.07 Å². The second-order valence-corrected chi connectivity index (χ2v) is 3.77. The fourth-order valence-corrected chi connectivity index (χ4v) is 1.59. The fraction of sp³-hybridized carbons (Fsp3) is 0.455. The highest BCUT2D eigenvalue weighted by Gasteiger charge is 2.32. The van der Waals surface area contributed by atoms with Crippen molar-refractivity contribution in [3.05, 3.63) is 24.0 Å². The Morgan fingerprint density at radius 3 is 2.94 bits per heavy atom. The molecule has 2 rings (SSSR count). The van der Waals surface area contributed by atoms with Gasteiger partial charge in [0.25, 0.3) is 5.91 Å². The van der Waals surface area contributed by atoms with Gasteiger partial charge in [-0.2, -0.15) is 15.5 Å². The molecular formula is C11H12N4O. The van der Waals surface area contributed by atoms with E-state index in [0.717, 1.165) is 12.8 Å². The molecule has 5 nitrogen and oxygen atoms in total. The molecule has 1 aromatic heterocycles. The highest BCUT2D eigenvalue weighted by Crippen LogP contribution is 2.28. The van der Waals surface area contributed by atoms with E-state index >= 15 is 0 Å². The Morgan fingerprint density at radius 2 is 2.38 bits per heavy atom. The standard InChI is InChI=1S/C11H12N4O/c12-5-1-7-15(10-2-3-10)11(16)9-4-6-13-14-8-9/h4,6,8,10H,1-3,7H2. The van der Waals surface area contributed by atoms with Crippen LogP contribution in [0.1, 0.15) is 29.6 Å². The van der Waals surface area contributed by atoms with Crippen molar-refractivity contribution >= 4 is 5.91 Å². The third kappa shape index (κ3) is 2.34. The molecule has 0 N–H and O–H groups in total. The van der Waals surface area contributed by atoms with Gasteiger partial charge in [0.05, 0.1) is 30.4 Å². The highest BCUT2D eigenvalue weighted by atomic mass is 16.2. The maximum absolute atomic E-state index is 12.1. The summed E-state index contributed by atoms with van der Waals surface area (Å²) >= 11 is 0. The van der Waals surface area contributed by atoms with E-state index in [2.05, 4.69) is 16.3 Å². The molecule has 0 atom stereocenters. The number of nitriles is 1. The van der Waals surface area contributed by atoms with Gasteiger partial charge in [0.2, 0.25) is 0 Å². The average molecular weight is 216 g/mol. The van der Waals surface area contributed by atoms with Crippen LogP contribution in [0.15, 0.2) is 18.5 Å². The Morgan fingerprint density at radius 1 is 1.56 bits per heavy atom. The van der Waals surface area contributed by atoms with E-state index in [1.807, 2.05) is 0 Å². The molecule has 1 fully saturated rings. The van der Waals surface area contributed by atoms with Crippen molar-refractivity contribution in [2.75, 3.05) is 6.54 Å². The summed E-state index contributed by atoms with van der Waals surface area (Å²) in [7, 11) is 0. The van der Waals surface area contributed by atoms with Crippen LogP contribution >= 0.6 is 0 Å². The van der Waals surface area contributed by atoms with Gasteiger partial charge in [-0.1, -0.05) is 0 Å². The van der Waals surface area contributed by atoms with Crippen molar-refractivity contribution in [1.29, 1.82) is 5.26 Å². The van der Waals surface area contributed by atoms with Crippen LogP contribution in [0.4, 0.5) is 0 Å². The average Bonchev–Trinajstić information content (AvgIpc) is 3.15. The Balaban J connectivity index is 2.08. The quantitative estimate of drug-likeness (QED) is 0.752. The van der Waals surface area contributed by atoms with E-state index in [1.165, 1.54) is 12.4 Å². The van der Waals surface area contributed by atoms with Gasteiger partial charge in [-0.25, -0.2) is 0 Å². The smallest absolute Gasteiger partial charge is 0.255 e. The molecule has 0 unspecified atom stereocenters. The maximum atomic E-state index is 12.1. The Bertz CT molecular complexity index is 408. The summed E-state index contributed by atoms with van der Waals surface area (Å²) < 4.78 is 0. The molecule has 1 aliphatic rings. The molecule has 0 aliphatic heterocycles. The minimum Gasteiger partial charge on any atom is -0.335 e. The normalized spacial score (nSPS) is 14.2. The van der Waals surface area contributed by atoms with Gasteiger partial charge in [-0.05, 0) is 18.9 Å². The van der Waals surface area contributed by atoms with Crippen LogP contribution in [-0.4, -0.2) is 33.6 Å². The molecule has 1 amide bonds. The summed E-state index contributed by atoms with van der Waals surface area (Å²) in [4.78, 5) is 13.8. The number of carbonyl (C=O) groups is 1. The van der Waals surface area contributed by atoms with Gasteiger partial charge in [0, 0.05) is 12.6 Å². The second kappa shape index (κ2) is 4.71. The summed E-state index contributed by atoms with van der Waals surface area (Å²) in [5, 5.41) is 15.9. The first-order valence-electron chi connectivity index (χ1n) is 5.27. The van der Waals surface area contributed by atoms with Crippen molar-refractivity contribution in [2.24, 2.45) is 0 Å². The van der Waals surface area contributed by atoms with Gasteiger partial charge >= 0.3 is 0 Å². The first-order valence-corrected chi connectivity index (χ1v) is 5.27. The molecule has 0 saturated heterocycles. The van der Waals surface area contributed by atoms with Crippen molar-refractivity contribution in [2.45, 2.75) is 25.3 Å². The molecule has 82 valence electrons. The summed E-state index contributed by atoms with van der Waals surface area (Å²) in [6, 6.07) is 4.03. The molecule has 1 aliphatic carbocycles. The SMILES string of the molecule is N#CCCN(C(=O)c1ccnnc1)C1CC1. The fourth-order valence-electron chi connectivity index (χ4n) is 1.59. The van der Waals surface area contributed by atoms with Gasteiger partial charge in [-0.3, -0.25) is 4.79 Å². The zero-order valence-electron chi connectivity index (χ0n) is 8.83. The van der Waals surface area contributed by atoms with Crippen LogP contribution in [-0.2, 0) is 0 Å². The summed E-state index contributed by atoms with van der Waals surface area (Å²) in [5.74, 6) is -0.0485. The number of hydrogen-bond acceptors (Lipinski definition) is 4. The predicted octanol–water partition coefficient (Wildman–Crippen LogP) is 0.995. The number of rotatable bonds is 4. The Labute approximate surface area is 93.7 Å². The van der Waals surface area contributed by atoms with E-state index in [0.29, 0.717) is 24.6 Å². The molecule has 1 aromatic rings. The third-order valence-electron chi connectivity index (χ3n) is 2.54.